The second kappa shape index (κ2) is 13.4. The molecule has 4 rings (SSSR count). The van der Waals surface area contributed by atoms with E-state index >= 15 is 0 Å². The lowest BCUT2D eigenvalue weighted by Gasteiger charge is -2.36. The summed E-state index contributed by atoms with van der Waals surface area (Å²) in [4.78, 5) is 67.7. The van der Waals surface area contributed by atoms with Crippen LogP contribution >= 0.6 is 0 Å². The molecule has 13 nitrogen and oxygen atoms in total. The molecule has 2 aliphatic rings. The topological polar surface area (TPSA) is 194 Å². The van der Waals surface area contributed by atoms with Crippen LogP contribution in [0, 0.1) is 28.6 Å². The number of para-hydroxylation sites is 2. The van der Waals surface area contributed by atoms with Crippen molar-refractivity contribution in [3.05, 3.63) is 30.6 Å². The van der Waals surface area contributed by atoms with Gasteiger partial charge in [-0.15, -0.1) is 0 Å². The third kappa shape index (κ3) is 7.43. The van der Waals surface area contributed by atoms with Crippen LogP contribution in [0.3, 0.4) is 0 Å². The summed E-state index contributed by atoms with van der Waals surface area (Å²) in [5, 5.41) is 14.6. The summed E-state index contributed by atoms with van der Waals surface area (Å²) in [5.41, 5.74) is 0.233. The van der Waals surface area contributed by atoms with Gasteiger partial charge in [-0.3, -0.25) is 24.0 Å². The largest absolute Gasteiger partial charge is 0.481 e. The lowest BCUT2D eigenvalue weighted by atomic mass is 9.70. The number of imidazole rings is 1. The van der Waals surface area contributed by atoms with Crippen molar-refractivity contribution in [2.24, 2.45) is 28.6 Å². The number of nitrogens with zero attached hydrogens (tertiary/aromatic N) is 2. The van der Waals surface area contributed by atoms with E-state index in [4.69, 9.17) is 0 Å². The molecule has 1 aromatic heterocycles. The number of rotatable bonds is 16. The minimum atomic E-state index is -4.09. The number of hydrogen-bond acceptors (Lipinski definition) is 8. The fourth-order valence-corrected chi connectivity index (χ4v) is 8.68. The van der Waals surface area contributed by atoms with Gasteiger partial charge in [-0.1, -0.05) is 39.8 Å². The minimum Gasteiger partial charge on any atom is -0.481 e. The molecule has 2 fully saturated rings. The van der Waals surface area contributed by atoms with Crippen LogP contribution in [0.5, 0.6) is 0 Å². The molecule has 1 heterocycles. The molecule has 246 valence electrons. The minimum absolute atomic E-state index is 0.0875. The van der Waals surface area contributed by atoms with Crippen LogP contribution in [0.15, 0.2) is 30.6 Å². The van der Waals surface area contributed by atoms with Gasteiger partial charge in [0.15, 0.2) is 5.78 Å². The summed E-state index contributed by atoms with van der Waals surface area (Å²) >= 11 is 0. The van der Waals surface area contributed by atoms with E-state index < -0.39 is 69.2 Å². The summed E-state index contributed by atoms with van der Waals surface area (Å²) in [6.45, 7) is 7.28. The molecule has 1 aromatic carbocycles. The smallest absolute Gasteiger partial charge is 0.305 e. The maximum absolute atomic E-state index is 13.2. The number of carboxylic acid groups (broad SMARTS) is 1. The number of carboxylic acids is 1. The fraction of sp³-hybridized carbons (Fsp3) is 0.613. The summed E-state index contributed by atoms with van der Waals surface area (Å²) in [6, 6.07) is 6.06. The average molecular weight is 646 g/mol. The van der Waals surface area contributed by atoms with E-state index in [9.17, 15) is 37.5 Å². The standard InChI is InChI=1S/C31H43N5O8S/c1-19(2)21(14-27(39)32-11-12-36-18-33-22-7-5-6-8-24(22)36)29(42)35-23(15-28(40)41)25(37)16-34-45(43,44)17-31-10-9-20(13-26(31)38)30(31,3)4/h5-8,18-21,23,34H,9-17H2,1-4H3,(H,32,39)(H,35,42)(H,40,41). The Kier molecular flexibility index (Phi) is 10.2. The first-order valence-corrected chi connectivity index (χ1v) is 16.9. The quantitative estimate of drug-likeness (QED) is 0.210. The highest BCUT2D eigenvalue weighted by atomic mass is 32.2. The van der Waals surface area contributed by atoms with Crippen LogP contribution in [-0.4, -0.2) is 77.3 Å². The molecular weight excluding hydrogens is 602 g/mol. The van der Waals surface area contributed by atoms with Gasteiger partial charge in [0.1, 0.15) is 5.78 Å². The van der Waals surface area contributed by atoms with E-state index in [0.29, 0.717) is 19.4 Å². The first-order chi connectivity index (χ1) is 21.1. The number of ketones is 2. The van der Waals surface area contributed by atoms with Crippen LogP contribution in [0.1, 0.15) is 59.8 Å². The lowest BCUT2D eigenvalue weighted by molar-refractivity contribution is -0.141. The van der Waals surface area contributed by atoms with Crippen LogP contribution in [0.4, 0.5) is 0 Å². The van der Waals surface area contributed by atoms with Crippen molar-refractivity contribution in [3.63, 3.8) is 0 Å². The Labute approximate surface area is 263 Å². The number of carbonyl (C=O) groups is 5. The number of fused-ring (bicyclic) bond motifs is 3. The predicted molar refractivity (Wildman–Crippen MR) is 165 cm³/mol. The Morgan fingerprint density at radius 1 is 1.13 bits per heavy atom. The van der Waals surface area contributed by atoms with E-state index in [0.717, 1.165) is 17.5 Å². The number of benzene rings is 1. The normalized spacial score (nSPS) is 22.0. The van der Waals surface area contributed by atoms with Gasteiger partial charge in [0.05, 0.1) is 42.1 Å². The number of aliphatic carboxylic acids is 1. The van der Waals surface area contributed by atoms with E-state index in [-0.39, 0.29) is 36.5 Å². The van der Waals surface area contributed by atoms with Crippen molar-refractivity contribution in [1.82, 2.24) is 24.9 Å². The number of carbonyl (C=O) groups excluding carboxylic acids is 4. The highest BCUT2D eigenvalue weighted by Crippen LogP contribution is 2.64. The number of sulfonamides is 1. The Balaban J connectivity index is 1.33. The molecule has 4 N–H and O–H groups in total. The Hall–Kier alpha value is -3.65. The summed E-state index contributed by atoms with van der Waals surface area (Å²) < 4.78 is 30.2. The Morgan fingerprint density at radius 3 is 2.47 bits per heavy atom. The SMILES string of the molecule is CC(C)C(CC(=O)NCCn1cnc2ccccc21)C(=O)NC(CC(=O)O)C(=O)CNS(=O)(=O)CC12CCC(CC1=O)C2(C)C. The van der Waals surface area contributed by atoms with Crippen LogP contribution in [0.2, 0.25) is 0 Å². The van der Waals surface area contributed by atoms with Gasteiger partial charge < -0.3 is 20.3 Å². The second-order valence-corrected chi connectivity index (χ2v) is 15.0. The molecular formula is C31H43N5O8S. The highest BCUT2D eigenvalue weighted by molar-refractivity contribution is 7.89. The zero-order valence-electron chi connectivity index (χ0n) is 26.2. The van der Waals surface area contributed by atoms with Gasteiger partial charge in [-0.05, 0) is 42.2 Å². The molecule has 2 bridgehead atoms. The van der Waals surface area contributed by atoms with Crippen molar-refractivity contribution in [2.45, 2.75) is 72.4 Å². The van der Waals surface area contributed by atoms with Crippen molar-refractivity contribution in [1.29, 1.82) is 0 Å². The van der Waals surface area contributed by atoms with Gasteiger partial charge in [-0.25, -0.2) is 18.1 Å². The number of aromatic nitrogens is 2. The van der Waals surface area contributed by atoms with Gasteiger partial charge in [0, 0.05) is 37.3 Å². The molecule has 4 unspecified atom stereocenters. The number of amides is 2. The second-order valence-electron chi connectivity index (χ2n) is 13.2. The van der Waals surface area contributed by atoms with E-state index in [1.54, 1.807) is 20.2 Å². The zero-order valence-corrected chi connectivity index (χ0v) is 27.0. The maximum atomic E-state index is 13.2. The Morgan fingerprint density at radius 2 is 1.84 bits per heavy atom. The average Bonchev–Trinajstić information content (AvgIpc) is 3.53. The van der Waals surface area contributed by atoms with Gasteiger partial charge in [-0.2, -0.15) is 0 Å². The number of nitrogens with one attached hydrogen (secondary N) is 3. The molecule has 0 aliphatic heterocycles. The summed E-state index contributed by atoms with van der Waals surface area (Å²) in [6.07, 6.45) is 2.28. The number of Topliss-reactive ketones (excluding diaryl/α,β-unsaturated/α-hetero) is 2. The molecule has 2 saturated carbocycles. The fourth-order valence-electron chi connectivity index (χ4n) is 6.89. The lowest BCUT2D eigenvalue weighted by Crippen LogP contribution is -2.51. The molecule has 0 radical (unpaired) electrons. The first kappa shape index (κ1) is 34.2. The third-order valence-corrected chi connectivity index (χ3v) is 11.3. The first-order valence-electron chi connectivity index (χ1n) is 15.3. The van der Waals surface area contributed by atoms with Crippen molar-refractivity contribution < 1.29 is 37.5 Å². The Bertz CT molecular complexity index is 1580. The number of hydrogen-bond donors (Lipinski definition) is 4. The zero-order chi connectivity index (χ0) is 33.2. The predicted octanol–water partition coefficient (Wildman–Crippen LogP) is 1.66. The summed E-state index contributed by atoms with van der Waals surface area (Å²) in [7, 11) is -4.09. The van der Waals surface area contributed by atoms with Gasteiger partial charge >= 0.3 is 5.97 Å². The van der Waals surface area contributed by atoms with E-state index in [1.807, 2.05) is 42.7 Å². The molecule has 4 atom stereocenters. The molecule has 2 aliphatic carbocycles. The van der Waals surface area contributed by atoms with Gasteiger partial charge in [0.25, 0.3) is 0 Å². The molecule has 0 spiro atoms. The molecule has 2 aromatic rings. The van der Waals surface area contributed by atoms with E-state index in [2.05, 4.69) is 20.3 Å². The van der Waals surface area contributed by atoms with Crippen LogP contribution in [-0.2, 0) is 40.5 Å². The van der Waals surface area contributed by atoms with Crippen molar-refractivity contribution in [2.75, 3.05) is 18.8 Å². The maximum Gasteiger partial charge on any atom is 0.305 e. The molecule has 0 saturated heterocycles. The van der Waals surface area contributed by atoms with Crippen LogP contribution in [0.25, 0.3) is 11.0 Å². The molecule has 2 amide bonds. The van der Waals surface area contributed by atoms with Crippen molar-refractivity contribution >= 4 is 50.4 Å². The van der Waals surface area contributed by atoms with Crippen LogP contribution < -0.4 is 15.4 Å². The molecule has 14 heteroatoms. The van der Waals surface area contributed by atoms with Gasteiger partial charge in [0.2, 0.25) is 21.8 Å². The highest BCUT2D eigenvalue weighted by Gasteiger charge is 2.65. The third-order valence-electron chi connectivity index (χ3n) is 9.87. The molecule has 45 heavy (non-hydrogen) atoms. The monoisotopic (exact) mass is 645 g/mol. The summed E-state index contributed by atoms with van der Waals surface area (Å²) in [5.74, 6) is -4.89. The van der Waals surface area contributed by atoms with E-state index in [1.165, 1.54) is 0 Å². The van der Waals surface area contributed by atoms with Crippen molar-refractivity contribution in [3.8, 4) is 0 Å².